The van der Waals surface area contributed by atoms with E-state index in [1.54, 1.807) is 48.7 Å². The Kier molecular flexibility index (Phi) is 6.04. The van der Waals surface area contributed by atoms with Crippen LogP contribution in [0.25, 0.3) is 0 Å². The maximum Gasteiger partial charge on any atom is 0.345 e. The quantitative estimate of drug-likeness (QED) is 0.307. The van der Waals surface area contributed by atoms with Crippen molar-refractivity contribution in [1.29, 1.82) is 0 Å². The summed E-state index contributed by atoms with van der Waals surface area (Å²) in [6.07, 6.45) is 7.48. The molecule has 0 saturated heterocycles. The number of rotatable bonds is 6. The van der Waals surface area contributed by atoms with Crippen molar-refractivity contribution in [3.05, 3.63) is 83.9 Å². The number of esters is 1. The number of aromatic nitrogens is 2. The van der Waals surface area contributed by atoms with Gasteiger partial charge in [0.2, 0.25) is 0 Å². The number of nitrogens with zero attached hydrogens (tertiary/aromatic N) is 3. The van der Waals surface area contributed by atoms with Gasteiger partial charge < -0.3 is 9.47 Å². The van der Waals surface area contributed by atoms with Gasteiger partial charge in [-0.15, -0.1) is 0 Å². The normalized spacial score (nSPS) is 10.5. The highest BCUT2D eigenvalue weighted by Crippen LogP contribution is 2.28. The molecule has 1 N–H and O–H groups in total. The van der Waals surface area contributed by atoms with Crippen LogP contribution in [-0.2, 0) is 0 Å². The van der Waals surface area contributed by atoms with Crippen LogP contribution in [0.15, 0.2) is 72.4 Å². The molecule has 0 bridgehead atoms. The van der Waals surface area contributed by atoms with E-state index in [2.05, 4.69) is 20.5 Å². The molecule has 2 aromatic heterocycles. The van der Waals surface area contributed by atoms with Gasteiger partial charge in [-0.1, -0.05) is 0 Å². The summed E-state index contributed by atoms with van der Waals surface area (Å²) < 4.78 is 10.6. The first-order valence-corrected chi connectivity index (χ1v) is 8.21. The highest BCUT2D eigenvalue weighted by atomic mass is 16.6. The fourth-order valence-corrected chi connectivity index (χ4v) is 2.22. The largest absolute Gasteiger partial charge is 0.493 e. The Morgan fingerprint density at radius 1 is 1.00 bits per heavy atom. The summed E-state index contributed by atoms with van der Waals surface area (Å²) >= 11 is 0. The highest BCUT2D eigenvalue weighted by Gasteiger charge is 2.12. The average molecular weight is 376 g/mol. The van der Waals surface area contributed by atoms with Crippen molar-refractivity contribution in [1.82, 2.24) is 15.4 Å². The Labute approximate surface area is 160 Å². The minimum atomic E-state index is -0.544. The number of carbonyl (C=O) groups is 2. The van der Waals surface area contributed by atoms with E-state index >= 15 is 0 Å². The van der Waals surface area contributed by atoms with E-state index in [-0.39, 0.29) is 11.7 Å². The first-order valence-electron chi connectivity index (χ1n) is 8.21. The fourth-order valence-electron chi connectivity index (χ4n) is 2.22. The van der Waals surface area contributed by atoms with E-state index in [0.717, 1.165) is 0 Å². The molecule has 3 rings (SSSR count). The minimum absolute atomic E-state index is 0.259. The molecule has 0 aliphatic heterocycles. The first kappa shape index (κ1) is 18.7. The maximum absolute atomic E-state index is 12.2. The van der Waals surface area contributed by atoms with Crippen LogP contribution in [0, 0.1) is 0 Å². The molecule has 0 radical (unpaired) electrons. The zero-order chi connectivity index (χ0) is 19.8. The second-order valence-corrected chi connectivity index (χ2v) is 5.48. The van der Waals surface area contributed by atoms with Crippen molar-refractivity contribution in [3.8, 4) is 11.5 Å². The molecule has 0 fully saturated rings. The fraction of sp³-hybridized carbons (Fsp3) is 0.0500. The van der Waals surface area contributed by atoms with Crippen molar-refractivity contribution in [3.63, 3.8) is 0 Å². The molecular formula is C20H16N4O4. The highest BCUT2D eigenvalue weighted by molar-refractivity contribution is 5.95. The number of hydrogen-bond acceptors (Lipinski definition) is 7. The maximum atomic E-state index is 12.2. The van der Waals surface area contributed by atoms with Gasteiger partial charge in [0.15, 0.2) is 11.5 Å². The summed E-state index contributed by atoms with van der Waals surface area (Å²) in [5.41, 5.74) is 3.84. The summed E-state index contributed by atoms with van der Waals surface area (Å²) in [4.78, 5) is 31.8. The van der Waals surface area contributed by atoms with Crippen LogP contribution >= 0.6 is 0 Å². The van der Waals surface area contributed by atoms with Crippen LogP contribution in [0.1, 0.15) is 26.3 Å². The lowest BCUT2D eigenvalue weighted by molar-refractivity contribution is 0.0729. The number of pyridine rings is 2. The topological polar surface area (TPSA) is 103 Å². The van der Waals surface area contributed by atoms with Crippen LogP contribution in [0.2, 0.25) is 0 Å². The summed E-state index contributed by atoms with van der Waals surface area (Å²) in [7, 11) is 1.46. The molecule has 3 aromatic rings. The summed E-state index contributed by atoms with van der Waals surface area (Å²) in [5, 5.41) is 3.91. The molecule has 0 aliphatic carbocycles. The van der Waals surface area contributed by atoms with Crippen molar-refractivity contribution < 1.29 is 19.1 Å². The predicted octanol–water partition coefficient (Wildman–Crippen LogP) is 2.47. The Morgan fingerprint density at radius 3 is 2.54 bits per heavy atom. The van der Waals surface area contributed by atoms with Crippen LogP contribution in [0.4, 0.5) is 0 Å². The number of methoxy groups -OCH3 is 1. The molecular weight excluding hydrogens is 360 g/mol. The number of nitrogens with one attached hydrogen (secondary N) is 1. The second kappa shape index (κ2) is 9.04. The Morgan fingerprint density at radius 2 is 1.82 bits per heavy atom. The van der Waals surface area contributed by atoms with E-state index in [9.17, 15) is 9.59 Å². The first-order chi connectivity index (χ1) is 13.7. The van der Waals surface area contributed by atoms with Gasteiger partial charge in [-0.3, -0.25) is 14.8 Å². The lowest BCUT2D eigenvalue weighted by atomic mass is 10.2. The summed E-state index contributed by atoms with van der Waals surface area (Å²) in [6, 6.07) is 11.3. The molecule has 0 spiro atoms. The average Bonchev–Trinajstić information content (AvgIpc) is 2.75. The molecule has 28 heavy (non-hydrogen) atoms. The molecule has 8 heteroatoms. The molecule has 1 aromatic carbocycles. The molecule has 0 unspecified atom stereocenters. The Hall–Kier alpha value is -4.07. The van der Waals surface area contributed by atoms with Gasteiger partial charge in [-0.2, -0.15) is 5.10 Å². The molecule has 8 nitrogen and oxygen atoms in total. The van der Waals surface area contributed by atoms with Crippen molar-refractivity contribution in [2.45, 2.75) is 0 Å². The lowest BCUT2D eigenvalue weighted by Gasteiger charge is -2.09. The van der Waals surface area contributed by atoms with Gasteiger partial charge in [0.25, 0.3) is 5.91 Å². The zero-order valence-corrected chi connectivity index (χ0v) is 14.9. The zero-order valence-electron chi connectivity index (χ0n) is 14.9. The molecule has 0 atom stereocenters. The number of hydrogen-bond donors (Lipinski definition) is 1. The molecule has 2 heterocycles. The van der Waals surface area contributed by atoms with Crippen LogP contribution in [0.3, 0.4) is 0 Å². The van der Waals surface area contributed by atoms with Crippen LogP contribution in [-0.4, -0.2) is 35.2 Å². The van der Waals surface area contributed by atoms with Gasteiger partial charge in [-0.05, 0) is 48.0 Å². The number of benzene rings is 1. The molecule has 140 valence electrons. The molecule has 0 aliphatic rings. The van der Waals surface area contributed by atoms with Crippen LogP contribution < -0.4 is 14.9 Å². The number of amides is 1. The van der Waals surface area contributed by atoms with Crippen molar-refractivity contribution in [2.24, 2.45) is 5.10 Å². The summed E-state index contributed by atoms with van der Waals surface area (Å²) in [6.45, 7) is 0. The number of carbonyl (C=O) groups excluding carboxylic acids is 2. The summed E-state index contributed by atoms with van der Waals surface area (Å²) in [5.74, 6) is -0.291. The van der Waals surface area contributed by atoms with Crippen molar-refractivity contribution >= 4 is 18.1 Å². The number of ether oxygens (including phenoxy) is 2. The van der Waals surface area contributed by atoms with Gasteiger partial charge in [0.1, 0.15) is 0 Å². The van der Waals surface area contributed by atoms with Crippen molar-refractivity contribution in [2.75, 3.05) is 7.11 Å². The van der Waals surface area contributed by atoms with E-state index in [0.29, 0.717) is 22.4 Å². The third-order valence-electron chi connectivity index (χ3n) is 3.61. The van der Waals surface area contributed by atoms with E-state index in [1.165, 1.54) is 31.9 Å². The molecule has 1 amide bonds. The van der Waals surface area contributed by atoms with Gasteiger partial charge >= 0.3 is 5.97 Å². The van der Waals surface area contributed by atoms with Crippen LogP contribution in [0.5, 0.6) is 11.5 Å². The smallest absolute Gasteiger partial charge is 0.345 e. The second-order valence-electron chi connectivity index (χ2n) is 5.48. The van der Waals surface area contributed by atoms with Gasteiger partial charge in [0.05, 0.1) is 18.9 Å². The molecule has 0 saturated carbocycles. The van der Waals surface area contributed by atoms with Gasteiger partial charge in [-0.25, -0.2) is 10.2 Å². The minimum Gasteiger partial charge on any atom is -0.493 e. The monoisotopic (exact) mass is 376 g/mol. The number of hydrazone groups is 1. The van der Waals surface area contributed by atoms with Gasteiger partial charge in [0, 0.05) is 30.4 Å². The predicted molar refractivity (Wildman–Crippen MR) is 101 cm³/mol. The van der Waals surface area contributed by atoms with E-state index in [1.807, 2.05) is 0 Å². The third-order valence-corrected chi connectivity index (χ3v) is 3.61. The van der Waals surface area contributed by atoms with E-state index < -0.39 is 5.97 Å². The standard InChI is InChI=1S/C20H16N4O4/c1-27-18-11-14(12-23-24-19(25)15-6-9-21-10-7-15)4-5-17(18)28-20(26)16-3-2-8-22-13-16/h2-13H,1H3,(H,24,25)/b23-12-. The third kappa shape index (κ3) is 4.76. The lowest BCUT2D eigenvalue weighted by Crippen LogP contribution is -2.17. The Bertz CT molecular complexity index is 992. The Balaban J connectivity index is 1.67. The van der Waals surface area contributed by atoms with E-state index in [4.69, 9.17) is 9.47 Å². The SMILES string of the molecule is COc1cc(/C=N\NC(=O)c2ccncc2)ccc1OC(=O)c1cccnc1.